The van der Waals surface area contributed by atoms with Gasteiger partial charge in [0.15, 0.2) is 0 Å². The van der Waals surface area contributed by atoms with Crippen molar-refractivity contribution in [2.24, 2.45) is 0 Å². The van der Waals surface area contributed by atoms with Crippen LogP contribution in [-0.4, -0.2) is 48.6 Å². The van der Waals surface area contributed by atoms with Gasteiger partial charge in [-0.25, -0.2) is 4.39 Å². The zero-order valence-electron chi connectivity index (χ0n) is 19.1. The molecule has 1 aromatic heterocycles. The summed E-state index contributed by atoms with van der Waals surface area (Å²) < 4.78 is 19.1. The normalized spacial score (nSPS) is 23.0. The van der Waals surface area contributed by atoms with Crippen molar-refractivity contribution < 1.29 is 13.9 Å². The maximum Gasteiger partial charge on any atom is 0.226 e. The molecule has 4 rings (SSSR count). The molecule has 1 N–H and O–H groups in total. The number of hydrogen-bond donors (Lipinski definition) is 1. The van der Waals surface area contributed by atoms with Crippen LogP contribution in [0.2, 0.25) is 0 Å². The third-order valence-corrected chi connectivity index (χ3v) is 5.64. The van der Waals surface area contributed by atoms with Gasteiger partial charge in [0.1, 0.15) is 5.83 Å². The van der Waals surface area contributed by atoms with Crippen molar-refractivity contribution in [3.05, 3.63) is 95.3 Å². The van der Waals surface area contributed by atoms with Gasteiger partial charge < -0.3 is 15.0 Å². The smallest absolute Gasteiger partial charge is 0.226 e. The molecule has 1 saturated heterocycles. The first kappa shape index (κ1) is 23.5. The number of hydrogen-bond acceptors (Lipinski definition) is 4. The van der Waals surface area contributed by atoms with Gasteiger partial charge in [-0.2, -0.15) is 0 Å². The number of pyridine rings is 1. The van der Waals surface area contributed by atoms with Gasteiger partial charge in [-0.1, -0.05) is 48.3 Å². The summed E-state index contributed by atoms with van der Waals surface area (Å²) in [6.07, 6.45) is 18.4. The molecule has 3 aliphatic rings. The third kappa shape index (κ3) is 6.90. The Morgan fingerprint density at radius 3 is 2.82 bits per heavy atom. The molecule has 174 valence electrons. The van der Waals surface area contributed by atoms with Gasteiger partial charge in [0.2, 0.25) is 5.91 Å². The molecule has 2 heterocycles. The van der Waals surface area contributed by atoms with Crippen molar-refractivity contribution >= 4 is 11.5 Å². The van der Waals surface area contributed by atoms with E-state index in [1.165, 1.54) is 6.08 Å². The topological polar surface area (TPSA) is 54.5 Å². The lowest BCUT2D eigenvalue weighted by molar-refractivity contribution is -0.120. The van der Waals surface area contributed by atoms with Crippen LogP contribution in [0.1, 0.15) is 24.1 Å². The Balaban J connectivity index is 1.35. The zero-order chi connectivity index (χ0) is 23.6. The highest BCUT2D eigenvalue weighted by Gasteiger charge is 2.12. The number of ether oxygens (including phenoxy) is 1. The van der Waals surface area contributed by atoms with Gasteiger partial charge in [-0.3, -0.25) is 9.78 Å². The van der Waals surface area contributed by atoms with Crippen LogP contribution in [0.4, 0.5) is 4.39 Å². The number of rotatable bonds is 6. The number of amides is 1. The van der Waals surface area contributed by atoms with Crippen molar-refractivity contribution in [2.75, 3.05) is 32.8 Å². The summed E-state index contributed by atoms with van der Waals surface area (Å²) >= 11 is 0. The van der Waals surface area contributed by atoms with Gasteiger partial charge in [-0.15, -0.1) is 0 Å². The van der Waals surface area contributed by atoms with Gasteiger partial charge in [0.05, 0.1) is 26.1 Å². The number of halogens is 1. The number of aromatic nitrogens is 1. The molecule has 0 saturated carbocycles. The maximum absolute atomic E-state index is 13.7. The van der Waals surface area contributed by atoms with Gasteiger partial charge >= 0.3 is 0 Å². The van der Waals surface area contributed by atoms with E-state index in [9.17, 15) is 9.18 Å². The second-order valence-electron chi connectivity index (χ2n) is 8.13. The Bertz CT molecular complexity index is 1140. The van der Waals surface area contributed by atoms with E-state index in [2.05, 4.69) is 45.3 Å². The highest BCUT2D eigenvalue weighted by atomic mass is 19.1. The Kier molecular flexibility index (Phi) is 8.26. The van der Waals surface area contributed by atoms with E-state index in [4.69, 9.17) is 4.74 Å². The second kappa shape index (κ2) is 12.0. The average Bonchev–Trinajstić information content (AvgIpc) is 2.82. The molecule has 1 aromatic rings. The number of nitrogens with zero attached hydrogens (tertiary/aromatic N) is 2. The van der Waals surface area contributed by atoms with Crippen LogP contribution in [0.25, 0.3) is 5.57 Å². The van der Waals surface area contributed by atoms with E-state index < -0.39 is 0 Å². The van der Waals surface area contributed by atoms with E-state index in [-0.39, 0.29) is 31.1 Å². The van der Waals surface area contributed by atoms with Crippen molar-refractivity contribution in [2.45, 2.75) is 19.3 Å². The van der Waals surface area contributed by atoms with Crippen LogP contribution in [0.15, 0.2) is 84.0 Å². The number of allylic oxidation sites excluding steroid dienone is 9. The minimum Gasteiger partial charge on any atom is -0.378 e. The number of nitrogens with one attached hydrogen (secondary N) is 1. The van der Waals surface area contributed by atoms with Crippen LogP contribution < -0.4 is 5.32 Å². The fourth-order valence-corrected chi connectivity index (χ4v) is 3.79. The fraction of sp³-hybridized carbons (Fsp3) is 0.286. The zero-order valence-corrected chi connectivity index (χ0v) is 19.1. The van der Waals surface area contributed by atoms with Crippen molar-refractivity contribution in [1.29, 1.82) is 0 Å². The quantitative estimate of drug-likeness (QED) is 0.655. The largest absolute Gasteiger partial charge is 0.378 e. The molecular weight excluding hydrogens is 429 g/mol. The Labute approximate surface area is 200 Å². The predicted octanol–water partition coefficient (Wildman–Crippen LogP) is 4.04. The van der Waals surface area contributed by atoms with Gasteiger partial charge in [0, 0.05) is 49.2 Å². The van der Waals surface area contributed by atoms with E-state index in [0.29, 0.717) is 12.1 Å². The molecular formula is C28H28FN3O2. The standard InChI is InChI=1S/C28H28FN3O2/c29-25-8-3-1-2-6-22(18-25)20-31-28(33)19-26-12-10-24(21-30-26)23-7-4-5-9-27(13-11-23)32-14-16-34-17-15-32/h4-7,9-13,18,21H,2,8,14-17,19-20H2,(H,31,33)/b5-4?,7-4-,9-5-,13-11?,22-6?,23-7?,23-11+,25-18?,27-9?,27-13+. The van der Waals surface area contributed by atoms with Crippen molar-refractivity contribution in [3.8, 4) is 11.8 Å². The SMILES string of the molecule is O=C(Cc1ccc(C2=C/C=C(N3CCOCC3)\C=C/C=C\2)cn1)NCC1=CCC#CCC(F)=C1. The van der Waals surface area contributed by atoms with E-state index >= 15 is 0 Å². The highest BCUT2D eigenvalue weighted by Crippen LogP contribution is 2.20. The predicted molar refractivity (Wildman–Crippen MR) is 132 cm³/mol. The first-order valence-corrected chi connectivity index (χ1v) is 11.5. The molecule has 0 bridgehead atoms. The molecule has 0 radical (unpaired) electrons. The number of carbonyl (C=O) groups is 1. The van der Waals surface area contributed by atoms with E-state index in [0.717, 1.165) is 48.7 Å². The Morgan fingerprint density at radius 1 is 1.15 bits per heavy atom. The van der Waals surface area contributed by atoms with E-state index in [1.807, 2.05) is 36.4 Å². The van der Waals surface area contributed by atoms with E-state index in [1.54, 1.807) is 6.20 Å². The first-order chi connectivity index (χ1) is 16.7. The van der Waals surface area contributed by atoms with Crippen LogP contribution in [0, 0.1) is 11.8 Å². The maximum atomic E-state index is 13.7. The van der Waals surface area contributed by atoms with Gasteiger partial charge in [-0.05, 0) is 35.4 Å². The molecule has 34 heavy (non-hydrogen) atoms. The minimum absolute atomic E-state index is 0.119. The third-order valence-electron chi connectivity index (χ3n) is 5.64. The number of carbonyl (C=O) groups excluding carboxylic acids is 1. The molecule has 2 aliphatic carbocycles. The highest BCUT2D eigenvalue weighted by molar-refractivity contribution is 5.79. The summed E-state index contributed by atoms with van der Waals surface area (Å²) in [5.41, 5.74) is 4.60. The molecule has 0 atom stereocenters. The van der Waals surface area contributed by atoms with Crippen LogP contribution in [-0.2, 0) is 16.0 Å². The summed E-state index contributed by atoms with van der Waals surface area (Å²) in [4.78, 5) is 19.2. The molecule has 5 nitrogen and oxygen atoms in total. The lowest BCUT2D eigenvalue weighted by Gasteiger charge is -2.29. The summed E-state index contributed by atoms with van der Waals surface area (Å²) in [6, 6.07) is 3.85. The molecule has 6 heteroatoms. The fourth-order valence-electron chi connectivity index (χ4n) is 3.79. The molecule has 0 spiro atoms. The molecule has 1 amide bonds. The summed E-state index contributed by atoms with van der Waals surface area (Å²) in [7, 11) is 0. The summed E-state index contributed by atoms with van der Waals surface area (Å²) in [5, 5.41) is 2.84. The van der Waals surface area contributed by atoms with Crippen molar-refractivity contribution in [3.63, 3.8) is 0 Å². The van der Waals surface area contributed by atoms with Crippen LogP contribution >= 0.6 is 0 Å². The molecule has 0 unspecified atom stereocenters. The monoisotopic (exact) mass is 457 g/mol. The summed E-state index contributed by atoms with van der Waals surface area (Å²) in [6.45, 7) is 3.54. The molecule has 1 fully saturated rings. The Hall–Kier alpha value is -3.69. The first-order valence-electron chi connectivity index (χ1n) is 11.5. The second-order valence-corrected chi connectivity index (χ2v) is 8.13. The minimum atomic E-state index is -0.287. The van der Waals surface area contributed by atoms with Gasteiger partial charge in [0.25, 0.3) is 0 Å². The average molecular weight is 458 g/mol. The lowest BCUT2D eigenvalue weighted by Crippen LogP contribution is -2.35. The number of morpholine rings is 1. The summed E-state index contributed by atoms with van der Waals surface area (Å²) in [5.74, 6) is 5.19. The lowest BCUT2D eigenvalue weighted by atomic mass is 10.0. The Morgan fingerprint density at radius 2 is 2.00 bits per heavy atom. The molecule has 1 aliphatic heterocycles. The van der Waals surface area contributed by atoms with Crippen LogP contribution in [0.5, 0.6) is 0 Å². The van der Waals surface area contributed by atoms with Crippen LogP contribution in [0.3, 0.4) is 0 Å². The molecule has 0 aromatic carbocycles. The van der Waals surface area contributed by atoms with Crippen molar-refractivity contribution in [1.82, 2.24) is 15.2 Å².